The zero-order valence-electron chi connectivity index (χ0n) is 19.7. The summed E-state index contributed by atoms with van der Waals surface area (Å²) in [7, 11) is 4.19. The molecule has 0 amide bonds. The van der Waals surface area contributed by atoms with Crippen LogP contribution in [0.15, 0.2) is 35.5 Å². The number of hydrogen-bond acceptors (Lipinski definition) is 5. The number of carbonyl (C=O) groups is 1. The van der Waals surface area contributed by atoms with Crippen molar-refractivity contribution in [3.05, 3.63) is 41.7 Å². The van der Waals surface area contributed by atoms with E-state index in [-0.39, 0.29) is 11.5 Å². The molecule has 4 aliphatic rings. The fraction of sp³-hybridized carbons (Fsp3) is 0.654. The van der Waals surface area contributed by atoms with Crippen LogP contribution in [-0.4, -0.2) is 45.3 Å². The van der Waals surface area contributed by atoms with Crippen LogP contribution in [0.3, 0.4) is 0 Å². The molecule has 0 radical (unpaired) electrons. The first-order chi connectivity index (χ1) is 15.5. The third-order valence-corrected chi connectivity index (χ3v) is 9.17. The van der Waals surface area contributed by atoms with E-state index in [4.69, 9.17) is 0 Å². The molecule has 4 bridgehead atoms. The molecular formula is C26H36N4OS. The average molecular weight is 453 g/mol. The molecule has 4 fully saturated rings. The summed E-state index contributed by atoms with van der Waals surface area (Å²) >= 11 is 1.61. The van der Waals surface area contributed by atoms with Gasteiger partial charge in [-0.3, -0.25) is 9.69 Å². The monoisotopic (exact) mass is 452 g/mol. The summed E-state index contributed by atoms with van der Waals surface area (Å²) in [4.78, 5) is 15.8. The van der Waals surface area contributed by atoms with Crippen molar-refractivity contribution in [1.29, 1.82) is 0 Å². The Balaban J connectivity index is 1.36. The van der Waals surface area contributed by atoms with Gasteiger partial charge in [0, 0.05) is 5.41 Å². The van der Waals surface area contributed by atoms with E-state index in [1.165, 1.54) is 24.8 Å². The summed E-state index contributed by atoms with van der Waals surface area (Å²) in [6.45, 7) is 2.93. The predicted octanol–water partition coefficient (Wildman–Crippen LogP) is 5.22. The molecule has 32 heavy (non-hydrogen) atoms. The average Bonchev–Trinajstić information content (AvgIpc) is 3.14. The first-order valence-electron chi connectivity index (χ1n) is 12.3. The minimum absolute atomic E-state index is 0.0373. The van der Waals surface area contributed by atoms with Crippen LogP contribution in [0.4, 0.5) is 0 Å². The Morgan fingerprint density at radius 3 is 2.28 bits per heavy atom. The molecule has 172 valence electrons. The number of benzene rings is 1. The number of ketones is 1. The van der Waals surface area contributed by atoms with E-state index in [9.17, 15) is 4.79 Å². The first-order valence-corrected chi connectivity index (χ1v) is 13.3. The second kappa shape index (κ2) is 8.94. The highest BCUT2D eigenvalue weighted by atomic mass is 32.2. The smallest absolute Gasteiger partial charge is 0.192 e. The molecule has 0 spiro atoms. The maximum absolute atomic E-state index is 13.6. The van der Waals surface area contributed by atoms with Gasteiger partial charge in [0.05, 0.1) is 18.3 Å². The highest BCUT2D eigenvalue weighted by Crippen LogP contribution is 2.60. The van der Waals surface area contributed by atoms with E-state index >= 15 is 0 Å². The molecule has 0 aliphatic heterocycles. The minimum Gasteiger partial charge on any atom is -0.300 e. The third kappa shape index (κ3) is 4.16. The van der Waals surface area contributed by atoms with E-state index < -0.39 is 0 Å². The lowest BCUT2D eigenvalue weighted by Crippen LogP contribution is -2.50. The Hall–Kier alpha value is -1.66. The lowest BCUT2D eigenvalue weighted by atomic mass is 9.48. The van der Waals surface area contributed by atoms with Crippen LogP contribution >= 0.6 is 11.8 Å². The summed E-state index contributed by atoms with van der Waals surface area (Å²) in [5, 5.41) is 10.1. The van der Waals surface area contributed by atoms with Crippen LogP contribution in [0.5, 0.6) is 0 Å². The van der Waals surface area contributed by atoms with Gasteiger partial charge in [-0.15, -0.1) is 10.2 Å². The fourth-order valence-corrected chi connectivity index (χ4v) is 8.06. The molecule has 6 rings (SSSR count). The minimum atomic E-state index is -0.0373. The SMILES string of the molecule is CC[C@@H](c1nnc(SCC(=O)C23CC4CC(CC(C4)C2)C3)n1Cc1ccccc1)N(C)C. The Morgan fingerprint density at radius 2 is 1.72 bits per heavy atom. The second-order valence-electron chi connectivity index (χ2n) is 10.7. The number of thioether (sulfide) groups is 1. The maximum Gasteiger partial charge on any atom is 0.192 e. The molecule has 6 heteroatoms. The molecule has 4 aliphatic carbocycles. The van der Waals surface area contributed by atoms with Crippen molar-refractivity contribution in [2.45, 2.75) is 69.6 Å². The Labute approximate surface area is 196 Å². The molecule has 1 aromatic carbocycles. The number of hydrogen-bond donors (Lipinski definition) is 0. The van der Waals surface area contributed by atoms with Crippen LogP contribution in [0.2, 0.25) is 0 Å². The molecule has 1 aromatic heterocycles. The summed E-state index contributed by atoms with van der Waals surface area (Å²) in [6, 6.07) is 10.7. The Bertz CT molecular complexity index is 919. The van der Waals surface area contributed by atoms with Gasteiger partial charge in [0.1, 0.15) is 5.78 Å². The first kappa shape index (κ1) is 22.1. The van der Waals surface area contributed by atoms with Crippen LogP contribution in [0.1, 0.15) is 69.3 Å². The van der Waals surface area contributed by atoms with E-state index in [1.54, 1.807) is 11.8 Å². The number of nitrogens with zero attached hydrogens (tertiary/aromatic N) is 4. The van der Waals surface area contributed by atoms with Crippen LogP contribution in [0.25, 0.3) is 0 Å². The molecular weight excluding hydrogens is 416 g/mol. The molecule has 1 heterocycles. The summed E-state index contributed by atoms with van der Waals surface area (Å²) < 4.78 is 2.24. The zero-order valence-corrected chi connectivity index (χ0v) is 20.5. The predicted molar refractivity (Wildman–Crippen MR) is 129 cm³/mol. The van der Waals surface area contributed by atoms with Gasteiger partial charge in [-0.1, -0.05) is 49.0 Å². The van der Waals surface area contributed by atoms with Gasteiger partial charge >= 0.3 is 0 Å². The molecule has 0 unspecified atom stereocenters. The molecule has 2 aromatic rings. The lowest BCUT2D eigenvalue weighted by Gasteiger charge is -2.56. The third-order valence-electron chi connectivity index (χ3n) is 8.20. The Kier molecular flexibility index (Phi) is 6.19. The van der Waals surface area contributed by atoms with E-state index in [1.807, 2.05) is 6.07 Å². The molecule has 5 nitrogen and oxygen atoms in total. The van der Waals surface area contributed by atoms with Gasteiger partial charge in [-0.25, -0.2) is 0 Å². The van der Waals surface area contributed by atoms with E-state index in [0.717, 1.165) is 61.0 Å². The van der Waals surface area contributed by atoms with Crippen molar-refractivity contribution in [2.24, 2.45) is 23.2 Å². The van der Waals surface area contributed by atoms with Gasteiger partial charge < -0.3 is 4.57 Å². The summed E-state index contributed by atoms with van der Waals surface area (Å²) in [5.41, 5.74) is 1.20. The van der Waals surface area contributed by atoms with Gasteiger partial charge in [0.25, 0.3) is 0 Å². The topological polar surface area (TPSA) is 51.0 Å². The Morgan fingerprint density at radius 1 is 1.09 bits per heavy atom. The van der Waals surface area contributed by atoms with Crippen molar-refractivity contribution in [2.75, 3.05) is 19.8 Å². The fourth-order valence-electron chi connectivity index (χ4n) is 7.08. The van der Waals surface area contributed by atoms with E-state index in [0.29, 0.717) is 11.5 Å². The molecule has 0 N–H and O–H groups in total. The normalized spacial score (nSPS) is 29.6. The largest absolute Gasteiger partial charge is 0.300 e. The van der Waals surface area contributed by atoms with Gasteiger partial charge in [-0.2, -0.15) is 0 Å². The quantitative estimate of drug-likeness (QED) is 0.489. The molecule has 1 atom stereocenters. The van der Waals surface area contributed by atoms with Crippen molar-refractivity contribution in [1.82, 2.24) is 19.7 Å². The number of aromatic nitrogens is 3. The highest BCUT2D eigenvalue weighted by Gasteiger charge is 2.54. The zero-order chi connectivity index (χ0) is 22.3. The van der Waals surface area contributed by atoms with Crippen molar-refractivity contribution in [3.8, 4) is 0 Å². The van der Waals surface area contributed by atoms with Crippen molar-refractivity contribution in [3.63, 3.8) is 0 Å². The van der Waals surface area contributed by atoms with Crippen LogP contribution in [0, 0.1) is 23.2 Å². The summed E-state index contributed by atoms with van der Waals surface area (Å²) in [6.07, 6.45) is 8.50. The van der Waals surface area contributed by atoms with Gasteiger partial charge in [0.15, 0.2) is 11.0 Å². The van der Waals surface area contributed by atoms with Crippen molar-refractivity contribution < 1.29 is 4.79 Å². The summed E-state index contributed by atoms with van der Waals surface area (Å²) in [5.74, 6) is 4.39. The van der Waals surface area contributed by atoms with Gasteiger partial charge in [0.2, 0.25) is 0 Å². The van der Waals surface area contributed by atoms with Crippen LogP contribution < -0.4 is 0 Å². The van der Waals surface area contributed by atoms with Crippen LogP contribution in [-0.2, 0) is 11.3 Å². The molecule has 4 saturated carbocycles. The number of Topliss-reactive ketones (excluding diaryl/α,β-unsaturated/α-hetero) is 1. The van der Waals surface area contributed by atoms with Crippen molar-refractivity contribution >= 4 is 17.5 Å². The number of carbonyl (C=O) groups excluding carboxylic acids is 1. The maximum atomic E-state index is 13.6. The highest BCUT2D eigenvalue weighted by molar-refractivity contribution is 7.99. The molecule has 0 saturated heterocycles. The standard InChI is InChI=1S/C26H36N4OS/c1-4-22(29(2)3)24-27-28-25(30(24)16-18-8-6-5-7-9-18)32-17-23(31)26-13-19-10-20(14-26)12-21(11-19)15-26/h5-9,19-22H,4,10-17H2,1-3H3/t19?,20?,21?,22-,26?/m0/s1. The number of rotatable bonds is 9. The second-order valence-corrected chi connectivity index (χ2v) is 11.7. The lowest BCUT2D eigenvalue weighted by molar-refractivity contribution is -0.141. The van der Waals surface area contributed by atoms with Gasteiger partial charge in [-0.05, 0) is 82.4 Å². The van der Waals surface area contributed by atoms with E-state index in [2.05, 4.69) is 64.9 Å².